The lowest BCUT2D eigenvalue weighted by atomic mass is 9.65. The molecule has 5 rings (SSSR count). The van der Waals surface area contributed by atoms with Crippen molar-refractivity contribution in [2.24, 2.45) is 5.41 Å². The number of nitrogens with one attached hydrogen (secondary N) is 1. The van der Waals surface area contributed by atoms with E-state index in [-0.39, 0.29) is 50.1 Å². The molecule has 0 spiro atoms. The van der Waals surface area contributed by atoms with E-state index in [0.717, 1.165) is 11.1 Å². The SMILES string of the molecule is CC(CO)(NCc1cc(Cl)c(OCC2(OCCCN3CCC(F)(F)C3)C=CC=C(c3ccccc3)C2(C)C)cc1OCc1cncc(C#N)c1)C(=O)O. The maximum Gasteiger partial charge on any atom is 0.326 e. The minimum absolute atomic E-state index is 0.0217. The zero-order chi connectivity index (χ0) is 38.3. The van der Waals surface area contributed by atoms with Crippen LogP contribution in [0.5, 0.6) is 11.5 Å². The summed E-state index contributed by atoms with van der Waals surface area (Å²) in [6.45, 7) is 5.76. The third-order valence-electron chi connectivity index (χ3n) is 10.0. The number of aliphatic hydroxyl groups excluding tert-OH is 1. The van der Waals surface area contributed by atoms with Gasteiger partial charge in [0, 0.05) is 67.7 Å². The number of rotatable bonds is 17. The first-order valence-electron chi connectivity index (χ1n) is 17.4. The predicted octanol–water partition coefficient (Wildman–Crippen LogP) is 6.66. The summed E-state index contributed by atoms with van der Waals surface area (Å²) in [5.41, 5.74) is 0.258. The van der Waals surface area contributed by atoms with Gasteiger partial charge in [-0.1, -0.05) is 67.9 Å². The van der Waals surface area contributed by atoms with Gasteiger partial charge < -0.3 is 24.4 Å². The highest BCUT2D eigenvalue weighted by Gasteiger charge is 2.49. The quantitative estimate of drug-likeness (QED) is 0.129. The number of benzene rings is 2. The summed E-state index contributed by atoms with van der Waals surface area (Å²) in [5, 5.41) is 31.9. The van der Waals surface area contributed by atoms with Crippen LogP contribution < -0.4 is 14.8 Å². The normalized spacial score (nSPS) is 20.3. The molecular formula is C40H45ClF2N4O6. The minimum Gasteiger partial charge on any atom is -0.488 e. The summed E-state index contributed by atoms with van der Waals surface area (Å²) in [7, 11) is 0. The molecule has 1 aliphatic carbocycles. The van der Waals surface area contributed by atoms with E-state index in [2.05, 4.69) is 36.3 Å². The number of aliphatic hydroxyl groups is 1. The molecule has 1 aromatic heterocycles. The topological polar surface area (TPSA) is 137 Å². The number of allylic oxidation sites excluding steroid dienone is 2. The Kier molecular flexibility index (Phi) is 12.6. The van der Waals surface area contributed by atoms with Crippen molar-refractivity contribution in [2.75, 3.05) is 39.5 Å². The number of pyridine rings is 1. The summed E-state index contributed by atoms with van der Waals surface area (Å²) in [5.74, 6) is -3.30. The monoisotopic (exact) mass is 750 g/mol. The van der Waals surface area contributed by atoms with Crippen LogP contribution in [0.1, 0.15) is 55.9 Å². The molecule has 2 aliphatic rings. The first-order valence-corrected chi connectivity index (χ1v) is 17.8. The average molecular weight is 751 g/mol. The van der Waals surface area contributed by atoms with Gasteiger partial charge in [0.25, 0.3) is 5.92 Å². The van der Waals surface area contributed by atoms with Gasteiger partial charge in [-0.25, -0.2) is 8.78 Å². The van der Waals surface area contributed by atoms with Gasteiger partial charge >= 0.3 is 5.97 Å². The van der Waals surface area contributed by atoms with Crippen LogP contribution in [0.25, 0.3) is 5.57 Å². The van der Waals surface area contributed by atoms with E-state index in [1.54, 1.807) is 29.3 Å². The maximum atomic E-state index is 13.8. The Morgan fingerprint density at radius 1 is 1.15 bits per heavy atom. The molecule has 2 heterocycles. The fraction of sp³-hybridized carbons (Fsp3) is 0.425. The second kappa shape index (κ2) is 16.7. The van der Waals surface area contributed by atoms with E-state index in [1.807, 2.05) is 42.5 Å². The van der Waals surface area contributed by atoms with Crippen LogP contribution >= 0.6 is 11.6 Å². The highest BCUT2D eigenvalue weighted by atomic mass is 35.5. The molecule has 3 aromatic rings. The number of hydrogen-bond acceptors (Lipinski definition) is 9. The lowest BCUT2D eigenvalue weighted by Gasteiger charge is -2.47. The van der Waals surface area contributed by atoms with Gasteiger partial charge in [-0.05, 0) is 42.7 Å². The van der Waals surface area contributed by atoms with Crippen LogP contribution in [0.2, 0.25) is 5.02 Å². The van der Waals surface area contributed by atoms with Crippen LogP contribution in [0.15, 0.2) is 79.2 Å². The van der Waals surface area contributed by atoms with Crippen molar-refractivity contribution < 1.29 is 38.0 Å². The molecule has 2 atom stereocenters. The molecule has 2 unspecified atom stereocenters. The molecule has 0 bridgehead atoms. The fourth-order valence-electron chi connectivity index (χ4n) is 6.48. The van der Waals surface area contributed by atoms with E-state index in [0.29, 0.717) is 42.0 Å². The lowest BCUT2D eigenvalue weighted by molar-refractivity contribution is -0.145. The van der Waals surface area contributed by atoms with E-state index in [1.165, 1.54) is 13.1 Å². The number of alkyl halides is 2. The Bertz CT molecular complexity index is 1870. The fourth-order valence-corrected chi connectivity index (χ4v) is 6.72. The highest BCUT2D eigenvalue weighted by Crippen LogP contribution is 2.49. The number of carboxylic acids is 1. The van der Waals surface area contributed by atoms with Gasteiger partial charge in [0.1, 0.15) is 41.9 Å². The third-order valence-corrected chi connectivity index (χ3v) is 10.3. The number of likely N-dealkylation sites (tertiary alicyclic amines) is 1. The van der Waals surface area contributed by atoms with E-state index in [4.69, 9.17) is 25.8 Å². The molecule has 2 aromatic carbocycles. The van der Waals surface area contributed by atoms with Crippen LogP contribution in [0.3, 0.4) is 0 Å². The predicted molar refractivity (Wildman–Crippen MR) is 197 cm³/mol. The number of halogens is 3. The van der Waals surface area contributed by atoms with Gasteiger partial charge in [-0.2, -0.15) is 5.26 Å². The first-order chi connectivity index (χ1) is 25.2. The molecular weight excluding hydrogens is 706 g/mol. The average Bonchev–Trinajstić information content (AvgIpc) is 3.50. The number of nitrogens with zero attached hydrogens (tertiary/aromatic N) is 3. The summed E-state index contributed by atoms with van der Waals surface area (Å²) in [4.78, 5) is 17.7. The van der Waals surface area contributed by atoms with E-state index in [9.17, 15) is 29.1 Å². The van der Waals surface area contributed by atoms with Crippen molar-refractivity contribution in [2.45, 2.75) is 63.8 Å². The number of carboxylic acid groups (broad SMARTS) is 1. The number of aromatic nitrogens is 1. The van der Waals surface area contributed by atoms with Gasteiger partial charge in [-0.3, -0.25) is 20.0 Å². The zero-order valence-corrected chi connectivity index (χ0v) is 30.8. The Morgan fingerprint density at radius 3 is 2.60 bits per heavy atom. The Balaban J connectivity index is 1.42. The Hall–Kier alpha value is -4.38. The Labute approximate surface area is 313 Å². The molecule has 1 fully saturated rings. The lowest BCUT2D eigenvalue weighted by Crippen LogP contribution is -2.52. The highest BCUT2D eigenvalue weighted by molar-refractivity contribution is 6.32. The molecule has 0 radical (unpaired) electrons. The van der Waals surface area contributed by atoms with Gasteiger partial charge in [0.15, 0.2) is 0 Å². The van der Waals surface area contributed by atoms with Crippen molar-refractivity contribution in [3.63, 3.8) is 0 Å². The molecule has 282 valence electrons. The van der Waals surface area contributed by atoms with Gasteiger partial charge in [0.2, 0.25) is 0 Å². The molecule has 13 heteroatoms. The first kappa shape index (κ1) is 39.8. The summed E-state index contributed by atoms with van der Waals surface area (Å²) >= 11 is 6.83. The zero-order valence-electron chi connectivity index (χ0n) is 30.1. The number of nitriles is 1. The van der Waals surface area contributed by atoms with Crippen LogP contribution in [-0.2, 0) is 22.7 Å². The van der Waals surface area contributed by atoms with E-state index >= 15 is 0 Å². The third kappa shape index (κ3) is 9.41. The van der Waals surface area contributed by atoms with Crippen molar-refractivity contribution in [3.05, 3.63) is 106 Å². The largest absolute Gasteiger partial charge is 0.488 e. The molecule has 0 amide bonds. The van der Waals surface area contributed by atoms with Crippen molar-refractivity contribution in [1.29, 1.82) is 5.26 Å². The number of aliphatic carboxylic acids is 1. The molecule has 1 saturated heterocycles. The number of ether oxygens (including phenoxy) is 3. The Morgan fingerprint density at radius 2 is 1.92 bits per heavy atom. The second-order valence-electron chi connectivity index (χ2n) is 14.2. The molecule has 0 saturated carbocycles. The van der Waals surface area contributed by atoms with Gasteiger partial charge in [-0.15, -0.1) is 0 Å². The van der Waals surface area contributed by atoms with Crippen molar-refractivity contribution in [3.8, 4) is 17.6 Å². The molecule has 10 nitrogen and oxygen atoms in total. The minimum atomic E-state index is -2.67. The van der Waals surface area contributed by atoms with Crippen molar-refractivity contribution >= 4 is 23.1 Å². The van der Waals surface area contributed by atoms with Crippen molar-refractivity contribution in [1.82, 2.24) is 15.2 Å². The van der Waals surface area contributed by atoms with Crippen LogP contribution in [0.4, 0.5) is 8.78 Å². The number of carbonyl (C=O) groups is 1. The van der Waals surface area contributed by atoms with E-state index < -0.39 is 35.1 Å². The van der Waals surface area contributed by atoms with Crippen LogP contribution in [0, 0.1) is 16.7 Å². The maximum absolute atomic E-state index is 13.8. The molecule has 53 heavy (non-hydrogen) atoms. The van der Waals surface area contributed by atoms with Gasteiger partial charge in [0.05, 0.1) is 23.7 Å². The molecule has 3 N–H and O–H groups in total. The summed E-state index contributed by atoms with van der Waals surface area (Å²) < 4.78 is 47.1. The standard InChI is InChI=1S/C40H45ClF2N4O6/c1-37(2)32(30-9-5-4-6-10-30)11-7-12-39(37,53-16-8-14-47-15-13-40(42,43)25-47)27-52-35-19-34(51-24-29-17-28(20-44)21-45-22-29)31(18-33(35)41)23-46-38(3,26-48)36(49)50/h4-7,9-12,17-19,21-22,46,48H,8,13-16,23-27H2,1-3H3,(H,49,50). The van der Waals surface area contributed by atoms with Crippen LogP contribution in [-0.4, -0.2) is 82.6 Å². The smallest absolute Gasteiger partial charge is 0.326 e. The molecule has 1 aliphatic heterocycles. The summed E-state index contributed by atoms with van der Waals surface area (Å²) in [6, 6.07) is 16.9. The number of hydrogen-bond donors (Lipinski definition) is 3. The summed E-state index contributed by atoms with van der Waals surface area (Å²) in [6.07, 6.45) is 9.37. The second-order valence-corrected chi connectivity index (χ2v) is 14.6.